The van der Waals surface area contributed by atoms with Crippen LogP contribution in [-0.4, -0.2) is 72.4 Å². The number of alkyl halides is 3. The Bertz CT molecular complexity index is 711. The largest absolute Gasteiger partial charge is 0.490 e. The van der Waals surface area contributed by atoms with Crippen LogP contribution in [0, 0.1) is 6.92 Å². The first-order valence-corrected chi connectivity index (χ1v) is 9.43. The van der Waals surface area contributed by atoms with E-state index in [9.17, 15) is 22.8 Å². The second kappa shape index (κ2) is 7.72. The van der Waals surface area contributed by atoms with Gasteiger partial charge in [-0.05, 0) is 26.3 Å². The number of amides is 1. The summed E-state index contributed by atoms with van der Waals surface area (Å²) in [6.07, 6.45) is -5.47. The first-order valence-electron chi connectivity index (χ1n) is 8.55. The van der Waals surface area contributed by atoms with Crippen molar-refractivity contribution in [2.45, 2.75) is 37.6 Å². The molecule has 2 unspecified atom stereocenters. The smallest absolute Gasteiger partial charge is 0.451 e. The zero-order valence-corrected chi connectivity index (χ0v) is 15.5. The van der Waals surface area contributed by atoms with E-state index < -0.39 is 23.9 Å². The fourth-order valence-corrected chi connectivity index (χ4v) is 3.96. The molecule has 1 amide bonds. The number of esters is 1. The summed E-state index contributed by atoms with van der Waals surface area (Å²) in [5.74, 6) is -2.47. The third-order valence-corrected chi connectivity index (χ3v) is 5.58. The second-order valence-corrected chi connectivity index (χ2v) is 7.62. The van der Waals surface area contributed by atoms with Gasteiger partial charge in [0.15, 0.2) is 0 Å². The lowest BCUT2D eigenvalue weighted by molar-refractivity contribution is -0.221. The predicted molar refractivity (Wildman–Crippen MR) is 89.5 cm³/mol. The van der Waals surface area contributed by atoms with Crippen LogP contribution in [0.25, 0.3) is 0 Å². The first-order chi connectivity index (χ1) is 12.7. The quantitative estimate of drug-likeness (QED) is 0.749. The number of thiazole rings is 1. The fourth-order valence-electron chi connectivity index (χ4n) is 3.37. The van der Waals surface area contributed by atoms with Crippen molar-refractivity contribution in [2.24, 2.45) is 0 Å². The van der Waals surface area contributed by atoms with Crippen LogP contribution in [0.5, 0.6) is 0 Å². The highest BCUT2D eigenvalue weighted by Crippen LogP contribution is 2.33. The van der Waals surface area contributed by atoms with Gasteiger partial charge in [-0.15, -0.1) is 11.3 Å². The Kier molecular flexibility index (Phi) is 5.73. The van der Waals surface area contributed by atoms with E-state index in [1.807, 2.05) is 0 Å². The van der Waals surface area contributed by atoms with Crippen molar-refractivity contribution in [2.75, 3.05) is 32.8 Å². The number of rotatable bonds is 2. The average Bonchev–Trinajstić information content (AvgIpc) is 2.93. The van der Waals surface area contributed by atoms with Gasteiger partial charge >= 0.3 is 12.1 Å². The van der Waals surface area contributed by atoms with Crippen molar-refractivity contribution in [3.8, 4) is 0 Å². The van der Waals surface area contributed by atoms with Crippen LogP contribution < -0.4 is 5.32 Å². The van der Waals surface area contributed by atoms with Gasteiger partial charge in [0.25, 0.3) is 5.91 Å². The Hall–Kier alpha value is -1.72. The molecule has 0 aliphatic carbocycles. The molecule has 0 aromatic carbocycles. The molecule has 2 fully saturated rings. The van der Waals surface area contributed by atoms with Gasteiger partial charge in [0.05, 0.1) is 11.6 Å². The minimum atomic E-state index is -5.06. The summed E-state index contributed by atoms with van der Waals surface area (Å²) in [5, 5.41) is 5.39. The number of ether oxygens (including phenoxy) is 2. The molecule has 0 radical (unpaired) electrons. The van der Waals surface area contributed by atoms with Gasteiger partial charge < -0.3 is 19.7 Å². The minimum Gasteiger partial charge on any atom is -0.451 e. The van der Waals surface area contributed by atoms with E-state index >= 15 is 0 Å². The van der Waals surface area contributed by atoms with E-state index in [1.165, 1.54) is 11.3 Å². The maximum absolute atomic E-state index is 12.6. The van der Waals surface area contributed by atoms with Gasteiger partial charge in [-0.25, -0.2) is 9.78 Å². The molecule has 7 nitrogen and oxygen atoms in total. The van der Waals surface area contributed by atoms with Crippen LogP contribution in [0.3, 0.4) is 0 Å². The van der Waals surface area contributed by atoms with Crippen LogP contribution in [-0.2, 0) is 14.3 Å². The summed E-state index contributed by atoms with van der Waals surface area (Å²) in [6.45, 7) is 3.13. The van der Waals surface area contributed by atoms with Gasteiger partial charge in [-0.3, -0.25) is 4.79 Å². The van der Waals surface area contributed by atoms with Crippen LogP contribution in [0.1, 0.15) is 28.3 Å². The van der Waals surface area contributed by atoms with E-state index in [-0.39, 0.29) is 32.0 Å². The van der Waals surface area contributed by atoms with E-state index in [0.717, 1.165) is 5.01 Å². The molecule has 27 heavy (non-hydrogen) atoms. The lowest BCUT2D eigenvalue weighted by Gasteiger charge is -2.42. The molecule has 2 saturated heterocycles. The molecule has 11 heteroatoms. The van der Waals surface area contributed by atoms with Crippen molar-refractivity contribution in [1.29, 1.82) is 0 Å². The number of hydrogen-bond donors (Lipinski definition) is 1. The lowest BCUT2D eigenvalue weighted by Crippen LogP contribution is -2.58. The number of nitrogens with zero attached hydrogens (tertiary/aromatic N) is 2. The Labute approximate surface area is 157 Å². The summed E-state index contributed by atoms with van der Waals surface area (Å²) < 4.78 is 48.4. The third kappa shape index (κ3) is 4.41. The van der Waals surface area contributed by atoms with Crippen LogP contribution in [0.4, 0.5) is 13.2 Å². The van der Waals surface area contributed by atoms with Gasteiger partial charge in [0, 0.05) is 25.0 Å². The molecule has 3 heterocycles. The maximum Gasteiger partial charge on any atom is 0.490 e. The number of aromatic nitrogens is 1. The number of piperidine rings is 1. The van der Waals surface area contributed by atoms with Crippen molar-refractivity contribution < 1.29 is 32.2 Å². The predicted octanol–water partition coefficient (Wildman–Crippen LogP) is 1.52. The Balaban J connectivity index is 1.71. The Morgan fingerprint density at radius 1 is 1.41 bits per heavy atom. The number of aryl methyl sites for hydroxylation is 1. The lowest BCUT2D eigenvalue weighted by atomic mass is 9.85. The molecule has 1 aromatic heterocycles. The molecule has 150 valence electrons. The standard InChI is InChI=1S/C16H20F3N3O4S/c1-10-21-11(9-27-10)13(23)22-5-3-15(25-7-6-22)2-4-20-8-12(15)26-14(24)16(17,18)19/h9,12,20H,2-8H2,1H3. The van der Waals surface area contributed by atoms with Crippen LogP contribution in [0.15, 0.2) is 5.38 Å². The van der Waals surface area contributed by atoms with Gasteiger partial charge in [0.2, 0.25) is 0 Å². The second-order valence-electron chi connectivity index (χ2n) is 6.55. The number of carbonyl (C=O) groups is 2. The average molecular weight is 407 g/mol. The molecule has 0 bridgehead atoms. The summed E-state index contributed by atoms with van der Waals surface area (Å²) in [7, 11) is 0. The Morgan fingerprint density at radius 2 is 2.19 bits per heavy atom. The highest BCUT2D eigenvalue weighted by Gasteiger charge is 2.50. The summed E-state index contributed by atoms with van der Waals surface area (Å²) >= 11 is 1.37. The zero-order chi connectivity index (χ0) is 19.7. The van der Waals surface area contributed by atoms with Crippen LogP contribution in [0.2, 0.25) is 0 Å². The van der Waals surface area contributed by atoms with Crippen molar-refractivity contribution in [1.82, 2.24) is 15.2 Å². The Morgan fingerprint density at radius 3 is 2.85 bits per heavy atom. The number of carbonyl (C=O) groups excluding carboxylic acids is 2. The molecule has 2 atom stereocenters. The summed E-state index contributed by atoms with van der Waals surface area (Å²) in [4.78, 5) is 29.7. The van der Waals surface area contributed by atoms with E-state index in [2.05, 4.69) is 10.3 Å². The zero-order valence-electron chi connectivity index (χ0n) is 14.7. The SMILES string of the molecule is Cc1nc(C(=O)N2CCOC3(CCNCC3OC(=O)C(F)(F)F)CC2)cs1. The molecule has 1 spiro atoms. The van der Waals surface area contributed by atoms with E-state index in [4.69, 9.17) is 9.47 Å². The first kappa shape index (κ1) is 20.0. The maximum atomic E-state index is 12.6. The molecule has 2 aliphatic heterocycles. The van der Waals surface area contributed by atoms with Gasteiger partial charge in [-0.1, -0.05) is 0 Å². The third-order valence-electron chi connectivity index (χ3n) is 4.80. The molecule has 2 aliphatic rings. The molecular weight excluding hydrogens is 387 g/mol. The number of hydrogen-bond acceptors (Lipinski definition) is 7. The summed E-state index contributed by atoms with van der Waals surface area (Å²) in [6, 6.07) is 0. The fraction of sp³-hybridized carbons (Fsp3) is 0.688. The van der Waals surface area contributed by atoms with E-state index in [1.54, 1.807) is 17.2 Å². The summed E-state index contributed by atoms with van der Waals surface area (Å²) in [5.41, 5.74) is -0.696. The highest BCUT2D eigenvalue weighted by molar-refractivity contribution is 7.09. The van der Waals surface area contributed by atoms with Crippen molar-refractivity contribution in [3.63, 3.8) is 0 Å². The molecule has 0 saturated carbocycles. The van der Waals surface area contributed by atoms with Gasteiger partial charge in [0.1, 0.15) is 17.4 Å². The minimum absolute atomic E-state index is 0.0705. The van der Waals surface area contributed by atoms with Crippen molar-refractivity contribution in [3.05, 3.63) is 16.1 Å². The monoisotopic (exact) mass is 407 g/mol. The van der Waals surface area contributed by atoms with E-state index in [0.29, 0.717) is 25.2 Å². The molecule has 1 aromatic rings. The topological polar surface area (TPSA) is 80.8 Å². The van der Waals surface area contributed by atoms with Crippen LogP contribution >= 0.6 is 11.3 Å². The van der Waals surface area contributed by atoms with Gasteiger partial charge in [-0.2, -0.15) is 13.2 Å². The number of halogens is 3. The molecular formula is C16H20F3N3O4S. The normalized spacial score (nSPS) is 26.7. The molecule has 1 N–H and O–H groups in total. The highest BCUT2D eigenvalue weighted by atomic mass is 32.1. The van der Waals surface area contributed by atoms with Crippen molar-refractivity contribution >= 4 is 23.2 Å². The number of nitrogens with one attached hydrogen (secondary N) is 1. The molecule has 3 rings (SSSR count).